The molecular weight excluding hydrogens is 412 g/mol. The van der Waals surface area contributed by atoms with Crippen molar-refractivity contribution in [1.29, 1.82) is 0 Å². The lowest BCUT2D eigenvalue weighted by atomic mass is 10.0. The van der Waals surface area contributed by atoms with Crippen molar-refractivity contribution in [3.63, 3.8) is 0 Å². The van der Waals surface area contributed by atoms with E-state index in [1.807, 2.05) is 19.9 Å². The van der Waals surface area contributed by atoms with Crippen molar-refractivity contribution in [3.8, 4) is 17.0 Å². The summed E-state index contributed by atoms with van der Waals surface area (Å²) in [5.74, 6) is -1.62. The Bertz CT molecular complexity index is 1150. The van der Waals surface area contributed by atoms with Gasteiger partial charge in [0.05, 0.1) is 29.2 Å². The van der Waals surface area contributed by atoms with Crippen LogP contribution in [0.2, 0.25) is 5.02 Å². The van der Waals surface area contributed by atoms with Crippen LogP contribution < -0.4 is 10.1 Å². The third-order valence-electron chi connectivity index (χ3n) is 4.87. The van der Waals surface area contributed by atoms with E-state index in [2.05, 4.69) is 15.3 Å². The third-order valence-corrected chi connectivity index (χ3v) is 5.10. The second-order valence-corrected chi connectivity index (χ2v) is 7.61. The number of halogens is 3. The first kappa shape index (κ1) is 20.2. The molecule has 1 amide bonds. The fraction of sp³-hybridized carbons (Fsp3) is 0.227. The molecule has 2 heterocycles. The summed E-state index contributed by atoms with van der Waals surface area (Å²) in [6.07, 6.45) is 1.59. The van der Waals surface area contributed by atoms with Crippen LogP contribution in [0.25, 0.3) is 11.3 Å². The van der Waals surface area contributed by atoms with Crippen LogP contribution >= 0.6 is 11.6 Å². The Kier molecular flexibility index (Phi) is 5.39. The number of nitrogens with one attached hydrogen (secondary N) is 1. The molecule has 0 aliphatic carbocycles. The van der Waals surface area contributed by atoms with E-state index < -0.39 is 23.6 Å². The van der Waals surface area contributed by atoms with E-state index in [4.69, 9.17) is 16.3 Å². The number of rotatable bonds is 4. The second-order valence-electron chi connectivity index (χ2n) is 7.17. The second kappa shape index (κ2) is 7.99. The molecule has 0 saturated heterocycles. The van der Waals surface area contributed by atoms with E-state index in [1.54, 1.807) is 6.20 Å². The van der Waals surface area contributed by atoms with Gasteiger partial charge in [-0.1, -0.05) is 11.6 Å². The largest absolute Gasteiger partial charge is 0.485 e. The van der Waals surface area contributed by atoms with Crippen LogP contribution in [-0.4, -0.2) is 28.5 Å². The van der Waals surface area contributed by atoms with E-state index in [0.717, 1.165) is 11.8 Å². The van der Waals surface area contributed by atoms with Crippen molar-refractivity contribution in [2.75, 3.05) is 6.54 Å². The highest BCUT2D eigenvalue weighted by molar-refractivity contribution is 6.31. The fourth-order valence-electron chi connectivity index (χ4n) is 3.42. The summed E-state index contributed by atoms with van der Waals surface area (Å²) >= 11 is 5.83. The van der Waals surface area contributed by atoms with Gasteiger partial charge in [0.15, 0.2) is 11.6 Å². The normalized spacial score (nSPS) is 14.9. The molecule has 0 saturated carbocycles. The monoisotopic (exact) mass is 429 g/mol. The lowest BCUT2D eigenvalue weighted by Crippen LogP contribution is -2.34. The molecular formula is C22H18ClF2N3O2. The quantitative estimate of drug-likeness (QED) is 0.666. The van der Waals surface area contributed by atoms with E-state index in [0.29, 0.717) is 28.9 Å². The Hall–Kier alpha value is -3.06. The Labute approximate surface area is 177 Å². The highest BCUT2D eigenvalue weighted by atomic mass is 35.5. The van der Waals surface area contributed by atoms with E-state index in [9.17, 15) is 13.6 Å². The zero-order valence-corrected chi connectivity index (χ0v) is 17.1. The van der Waals surface area contributed by atoms with E-state index in [1.165, 1.54) is 18.2 Å². The first-order valence-electron chi connectivity index (χ1n) is 9.34. The van der Waals surface area contributed by atoms with Gasteiger partial charge in [0, 0.05) is 28.8 Å². The number of carbonyl (C=O) groups excluding carboxylic acids is 1. The molecule has 1 atom stereocenters. The minimum atomic E-state index is -0.669. The zero-order valence-electron chi connectivity index (χ0n) is 16.3. The number of aryl methyl sites for hydroxylation is 2. The number of aromatic nitrogens is 2. The van der Waals surface area contributed by atoms with Crippen molar-refractivity contribution in [1.82, 2.24) is 15.3 Å². The predicted molar refractivity (Wildman–Crippen MR) is 109 cm³/mol. The molecule has 1 aliphatic rings. The van der Waals surface area contributed by atoms with Crippen LogP contribution in [0.3, 0.4) is 0 Å². The van der Waals surface area contributed by atoms with Gasteiger partial charge >= 0.3 is 0 Å². The van der Waals surface area contributed by atoms with Gasteiger partial charge in [-0.2, -0.15) is 0 Å². The lowest BCUT2D eigenvalue weighted by molar-refractivity contribution is 0.0929. The molecule has 1 N–H and O–H groups in total. The van der Waals surface area contributed by atoms with Crippen molar-refractivity contribution < 1.29 is 18.3 Å². The lowest BCUT2D eigenvalue weighted by Gasteiger charge is -2.12. The van der Waals surface area contributed by atoms with Crippen molar-refractivity contribution in [2.24, 2.45) is 0 Å². The number of amides is 1. The highest BCUT2D eigenvalue weighted by Gasteiger charge is 2.28. The van der Waals surface area contributed by atoms with Crippen LogP contribution in [0.5, 0.6) is 5.75 Å². The minimum Gasteiger partial charge on any atom is -0.485 e. The number of ether oxygens (including phenoxy) is 1. The molecule has 0 fully saturated rings. The Morgan fingerprint density at radius 2 is 2.03 bits per heavy atom. The van der Waals surface area contributed by atoms with E-state index >= 15 is 0 Å². The van der Waals surface area contributed by atoms with Crippen LogP contribution in [0.15, 0.2) is 36.5 Å². The predicted octanol–water partition coefficient (Wildman–Crippen LogP) is 4.43. The topological polar surface area (TPSA) is 64.1 Å². The average Bonchev–Trinajstić information content (AvgIpc) is 3.13. The number of benzene rings is 2. The Morgan fingerprint density at radius 1 is 1.23 bits per heavy atom. The smallest absolute Gasteiger partial charge is 0.254 e. The molecule has 5 nitrogen and oxygen atoms in total. The molecule has 2 aromatic carbocycles. The molecule has 30 heavy (non-hydrogen) atoms. The molecule has 154 valence electrons. The Balaban J connectivity index is 1.49. The minimum absolute atomic E-state index is 0.0948. The number of nitrogens with zero attached hydrogens (tertiary/aromatic N) is 2. The first-order valence-corrected chi connectivity index (χ1v) is 9.72. The summed E-state index contributed by atoms with van der Waals surface area (Å²) in [6, 6.07) is 6.95. The molecule has 1 aromatic heterocycles. The fourth-order valence-corrected chi connectivity index (χ4v) is 3.59. The molecule has 3 aromatic rings. The van der Waals surface area contributed by atoms with Crippen molar-refractivity contribution >= 4 is 17.5 Å². The summed E-state index contributed by atoms with van der Waals surface area (Å²) in [6.45, 7) is 3.73. The van der Waals surface area contributed by atoms with Crippen LogP contribution in [0, 0.1) is 25.5 Å². The van der Waals surface area contributed by atoms with Gasteiger partial charge < -0.3 is 10.1 Å². The van der Waals surface area contributed by atoms with Crippen molar-refractivity contribution in [3.05, 3.63) is 75.7 Å². The van der Waals surface area contributed by atoms with Gasteiger partial charge in [-0.25, -0.2) is 13.8 Å². The standard InChI is InChI=1S/C22H18ClF2N3O2/c1-11-9-26-12(2)20(28-11)13-5-14-6-16(30-21(14)19(25)7-13)10-27-22(29)17-8-15(23)3-4-18(17)24/h3-5,7-9,16H,6,10H2,1-2H3,(H,27,29)/t16-/m0/s1. The van der Waals surface area contributed by atoms with Gasteiger partial charge in [0.25, 0.3) is 5.91 Å². The summed E-state index contributed by atoms with van der Waals surface area (Å²) in [5.41, 5.74) is 3.20. The molecule has 8 heteroatoms. The third kappa shape index (κ3) is 3.98. The summed E-state index contributed by atoms with van der Waals surface area (Å²) in [4.78, 5) is 21.0. The molecule has 1 aliphatic heterocycles. The van der Waals surface area contributed by atoms with Gasteiger partial charge in [0.1, 0.15) is 11.9 Å². The van der Waals surface area contributed by atoms with Gasteiger partial charge in [0.2, 0.25) is 0 Å². The molecule has 0 radical (unpaired) electrons. The summed E-state index contributed by atoms with van der Waals surface area (Å²) < 4.78 is 34.2. The number of hydrogen-bond acceptors (Lipinski definition) is 4. The Morgan fingerprint density at radius 3 is 2.83 bits per heavy atom. The van der Waals surface area contributed by atoms with Crippen molar-refractivity contribution in [2.45, 2.75) is 26.4 Å². The summed E-state index contributed by atoms with van der Waals surface area (Å²) in [7, 11) is 0. The maximum atomic E-state index is 14.7. The average molecular weight is 430 g/mol. The number of hydrogen-bond donors (Lipinski definition) is 1. The molecule has 0 spiro atoms. The zero-order chi connectivity index (χ0) is 21.4. The van der Waals surface area contributed by atoms with Crippen LogP contribution in [0.4, 0.5) is 8.78 Å². The highest BCUT2D eigenvalue weighted by Crippen LogP contribution is 2.36. The SMILES string of the molecule is Cc1cnc(C)c(-c2cc(F)c3c(c2)C[C@@H](CNC(=O)c2cc(Cl)ccc2F)O3)n1. The first-order chi connectivity index (χ1) is 14.3. The maximum absolute atomic E-state index is 14.7. The number of fused-ring (bicyclic) bond motifs is 1. The molecule has 4 rings (SSSR count). The van der Waals surface area contributed by atoms with Gasteiger partial charge in [-0.3, -0.25) is 9.78 Å². The number of carbonyl (C=O) groups is 1. The summed E-state index contributed by atoms with van der Waals surface area (Å²) in [5, 5.41) is 2.88. The molecule has 0 bridgehead atoms. The van der Waals surface area contributed by atoms with Crippen LogP contribution in [0.1, 0.15) is 27.3 Å². The van der Waals surface area contributed by atoms with Crippen LogP contribution in [-0.2, 0) is 6.42 Å². The van der Waals surface area contributed by atoms with Gasteiger partial charge in [-0.05, 0) is 44.2 Å². The van der Waals surface area contributed by atoms with E-state index in [-0.39, 0.29) is 22.9 Å². The maximum Gasteiger partial charge on any atom is 0.254 e. The van der Waals surface area contributed by atoms with Gasteiger partial charge in [-0.15, -0.1) is 0 Å². The molecule has 0 unspecified atom stereocenters.